The van der Waals surface area contributed by atoms with Gasteiger partial charge in [0.15, 0.2) is 0 Å². The van der Waals surface area contributed by atoms with E-state index in [2.05, 4.69) is 31.4 Å². The molecular weight excluding hydrogens is 250 g/mol. The molecule has 0 spiro atoms. The van der Waals surface area contributed by atoms with Crippen molar-refractivity contribution in [2.24, 2.45) is 0 Å². The third kappa shape index (κ3) is 5.35. The van der Waals surface area contributed by atoms with Crippen molar-refractivity contribution in [1.82, 2.24) is 4.90 Å². The number of allylic oxidation sites excluding steroid dienone is 1. The Morgan fingerprint density at radius 2 is 2.05 bits per heavy atom. The number of hydrogen-bond donors (Lipinski definition) is 1. The van der Waals surface area contributed by atoms with Gasteiger partial charge in [-0.2, -0.15) is 0 Å². The Morgan fingerprint density at radius 3 is 2.65 bits per heavy atom. The number of ether oxygens (including phenoxy) is 1. The summed E-state index contributed by atoms with van der Waals surface area (Å²) in [6.45, 7) is 9.45. The Bertz CT molecular complexity index is 404. The van der Waals surface area contributed by atoms with E-state index in [9.17, 15) is 5.11 Å². The molecule has 112 valence electrons. The molecule has 0 fully saturated rings. The summed E-state index contributed by atoms with van der Waals surface area (Å²) >= 11 is 0. The SMILES string of the molecule is C=CCCC(O)CN(Cc1ccccc1OC)C(C)C. The third-order valence-electron chi connectivity index (χ3n) is 3.45. The molecule has 0 aliphatic carbocycles. The summed E-state index contributed by atoms with van der Waals surface area (Å²) in [6, 6.07) is 8.41. The number of methoxy groups -OCH3 is 1. The van der Waals surface area contributed by atoms with E-state index in [1.54, 1.807) is 7.11 Å². The molecule has 1 rings (SSSR count). The van der Waals surface area contributed by atoms with Crippen LogP contribution in [0.5, 0.6) is 5.75 Å². The van der Waals surface area contributed by atoms with Crippen molar-refractivity contribution in [3.05, 3.63) is 42.5 Å². The summed E-state index contributed by atoms with van der Waals surface area (Å²) in [7, 11) is 1.69. The molecule has 0 aliphatic rings. The number of aliphatic hydroxyl groups excluding tert-OH is 1. The number of hydrogen-bond acceptors (Lipinski definition) is 3. The van der Waals surface area contributed by atoms with Gasteiger partial charge in [0, 0.05) is 24.7 Å². The number of aliphatic hydroxyl groups is 1. The number of para-hydroxylation sites is 1. The van der Waals surface area contributed by atoms with Gasteiger partial charge in [0.2, 0.25) is 0 Å². The van der Waals surface area contributed by atoms with Crippen LogP contribution in [-0.2, 0) is 6.54 Å². The monoisotopic (exact) mass is 277 g/mol. The highest BCUT2D eigenvalue weighted by atomic mass is 16.5. The molecule has 1 aromatic rings. The molecular formula is C17H27NO2. The lowest BCUT2D eigenvalue weighted by atomic mass is 10.1. The van der Waals surface area contributed by atoms with Gasteiger partial charge in [0.05, 0.1) is 13.2 Å². The molecule has 0 aromatic heterocycles. The lowest BCUT2D eigenvalue weighted by Crippen LogP contribution is -2.37. The summed E-state index contributed by atoms with van der Waals surface area (Å²) in [5.74, 6) is 0.902. The molecule has 0 saturated carbocycles. The number of rotatable bonds is 9. The molecule has 0 amide bonds. The minimum Gasteiger partial charge on any atom is -0.496 e. The van der Waals surface area contributed by atoms with Gasteiger partial charge in [0.1, 0.15) is 5.75 Å². The van der Waals surface area contributed by atoms with E-state index in [1.165, 1.54) is 0 Å². The first-order chi connectivity index (χ1) is 9.58. The second kappa shape index (κ2) is 8.77. The highest BCUT2D eigenvalue weighted by molar-refractivity contribution is 5.33. The Labute approximate surface area is 122 Å². The zero-order valence-electron chi connectivity index (χ0n) is 12.9. The van der Waals surface area contributed by atoms with Gasteiger partial charge in [-0.3, -0.25) is 4.90 Å². The van der Waals surface area contributed by atoms with Crippen molar-refractivity contribution >= 4 is 0 Å². The zero-order chi connectivity index (χ0) is 15.0. The molecule has 20 heavy (non-hydrogen) atoms. The lowest BCUT2D eigenvalue weighted by Gasteiger charge is -2.29. The Hall–Kier alpha value is -1.32. The normalized spacial score (nSPS) is 12.7. The van der Waals surface area contributed by atoms with Crippen molar-refractivity contribution in [2.75, 3.05) is 13.7 Å². The van der Waals surface area contributed by atoms with Crippen LogP contribution in [0.25, 0.3) is 0 Å². The minimum absolute atomic E-state index is 0.315. The summed E-state index contributed by atoms with van der Waals surface area (Å²) in [5.41, 5.74) is 1.15. The van der Waals surface area contributed by atoms with Crippen LogP contribution in [0, 0.1) is 0 Å². The Morgan fingerprint density at radius 1 is 1.35 bits per heavy atom. The summed E-state index contributed by atoms with van der Waals surface area (Å²) in [5, 5.41) is 10.1. The highest BCUT2D eigenvalue weighted by Gasteiger charge is 2.16. The van der Waals surface area contributed by atoms with Crippen molar-refractivity contribution < 1.29 is 9.84 Å². The summed E-state index contributed by atoms with van der Waals surface area (Å²) in [4.78, 5) is 2.27. The topological polar surface area (TPSA) is 32.7 Å². The van der Waals surface area contributed by atoms with Crippen molar-refractivity contribution in [3.8, 4) is 5.75 Å². The molecule has 1 atom stereocenters. The van der Waals surface area contributed by atoms with E-state index in [4.69, 9.17) is 4.74 Å². The van der Waals surface area contributed by atoms with E-state index in [1.807, 2.05) is 24.3 Å². The van der Waals surface area contributed by atoms with Crippen LogP contribution in [0.1, 0.15) is 32.3 Å². The van der Waals surface area contributed by atoms with Gasteiger partial charge >= 0.3 is 0 Å². The summed E-state index contributed by atoms with van der Waals surface area (Å²) < 4.78 is 5.39. The van der Waals surface area contributed by atoms with Gasteiger partial charge in [0.25, 0.3) is 0 Å². The second-order valence-electron chi connectivity index (χ2n) is 5.35. The standard InChI is InChI=1S/C17H27NO2/c1-5-6-10-16(19)13-18(14(2)3)12-15-9-7-8-11-17(15)20-4/h5,7-9,11,14,16,19H,1,6,10,12-13H2,2-4H3. The average molecular weight is 277 g/mol. The van der Waals surface area contributed by atoms with Crippen LogP contribution in [-0.4, -0.2) is 35.8 Å². The number of benzene rings is 1. The van der Waals surface area contributed by atoms with Crippen molar-refractivity contribution in [3.63, 3.8) is 0 Å². The fraction of sp³-hybridized carbons (Fsp3) is 0.529. The van der Waals surface area contributed by atoms with Crippen LogP contribution in [0.15, 0.2) is 36.9 Å². The first kappa shape index (κ1) is 16.7. The molecule has 0 radical (unpaired) electrons. The van der Waals surface area contributed by atoms with Crippen LogP contribution >= 0.6 is 0 Å². The van der Waals surface area contributed by atoms with Gasteiger partial charge in [-0.25, -0.2) is 0 Å². The van der Waals surface area contributed by atoms with Crippen LogP contribution in [0.2, 0.25) is 0 Å². The van der Waals surface area contributed by atoms with Gasteiger partial charge in [-0.1, -0.05) is 24.3 Å². The predicted octanol–water partition coefficient (Wildman–Crippen LogP) is 3.23. The third-order valence-corrected chi connectivity index (χ3v) is 3.45. The van der Waals surface area contributed by atoms with Crippen LogP contribution in [0.3, 0.4) is 0 Å². The quantitative estimate of drug-likeness (QED) is 0.703. The maximum atomic E-state index is 10.1. The maximum absolute atomic E-state index is 10.1. The molecule has 1 unspecified atom stereocenters. The second-order valence-corrected chi connectivity index (χ2v) is 5.35. The zero-order valence-corrected chi connectivity index (χ0v) is 12.9. The molecule has 3 nitrogen and oxygen atoms in total. The summed E-state index contributed by atoms with van der Waals surface area (Å²) in [6.07, 6.45) is 3.15. The van der Waals surface area contributed by atoms with Crippen molar-refractivity contribution in [2.45, 2.75) is 45.4 Å². The smallest absolute Gasteiger partial charge is 0.123 e. The molecule has 0 saturated heterocycles. The van der Waals surface area contributed by atoms with Crippen LogP contribution in [0.4, 0.5) is 0 Å². The molecule has 0 bridgehead atoms. The van der Waals surface area contributed by atoms with E-state index in [0.717, 1.165) is 30.7 Å². The molecule has 0 aliphatic heterocycles. The molecule has 0 heterocycles. The van der Waals surface area contributed by atoms with Crippen LogP contribution < -0.4 is 4.74 Å². The first-order valence-electron chi connectivity index (χ1n) is 7.23. The van der Waals surface area contributed by atoms with E-state index < -0.39 is 0 Å². The number of nitrogens with zero attached hydrogens (tertiary/aromatic N) is 1. The fourth-order valence-corrected chi connectivity index (χ4v) is 2.18. The van der Waals surface area contributed by atoms with Gasteiger partial charge in [-0.15, -0.1) is 6.58 Å². The molecule has 1 N–H and O–H groups in total. The van der Waals surface area contributed by atoms with Gasteiger partial charge in [-0.05, 0) is 32.8 Å². The van der Waals surface area contributed by atoms with E-state index in [0.29, 0.717) is 12.6 Å². The highest BCUT2D eigenvalue weighted by Crippen LogP contribution is 2.20. The predicted molar refractivity (Wildman–Crippen MR) is 84.0 cm³/mol. The van der Waals surface area contributed by atoms with Gasteiger partial charge < -0.3 is 9.84 Å². The van der Waals surface area contributed by atoms with Crippen molar-refractivity contribution in [1.29, 1.82) is 0 Å². The molecule has 1 aromatic carbocycles. The Balaban J connectivity index is 2.69. The first-order valence-corrected chi connectivity index (χ1v) is 7.23. The Kier molecular flexibility index (Phi) is 7.34. The van der Waals surface area contributed by atoms with E-state index in [-0.39, 0.29) is 6.10 Å². The minimum atomic E-state index is -0.315. The average Bonchev–Trinajstić information content (AvgIpc) is 2.44. The lowest BCUT2D eigenvalue weighted by molar-refractivity contribution is 0.0850. The van der Waals surface area contributed by atoms with E-state index >= 15 is 0 Å². The maximum Gasteiger partial charge on any atom is 0.123 e. The largest absolute Gasteiger partial charge is 0.496 e. The fourth-order valence-electron chi connectivity index (χ4n) is 2.18. The molecule has 3 heteroatoms.